The number of ether oxygens (including phenoxy) is 4. The minimum absolute atomic E-state index is 0.0374. The molecule has 178 valence electrons. The van der Waals surface area contributed by atoms with Gasteiger partial charge >= 0.3 is 11.9 Å². The van der Waals surface area contributed by atoms with Crippen LogP contribution < -0.4 is 14.8 Å². The van der Waals surface area contributed by atoms with E-state index in [4.69, 9.17) is 18.9 Å². The maximum atomic E-state index is 12.8. The minimum atomic E-state index is -0.479. The predicted molar refractivity (Wildman–Crippen MR) is 130 cm³/mol. The van der Waals surface area contributed by atoms with Gasteiger partial charge < -0.3 is 18.9 Å². The number of benzene rings is 2. The van der Waals surface area contributed by atoms with Crippen LogP contribution in [0, 0.1) is 5.92 Å². The SMILES string of the molecule is COc1cc(P)c(O[C@H]2CC[C@@H](C(=O)OC(C)(C)C)CC2)cc1C(=O)OCc1ccccc1. The van der Waals surface area contributed by atoms with E-state index in [1.54, 1.807) is 12.1 Å². The molecule has 1 fully saturated rings. The molecule has 1 aliphatic rings. The van der Waals surface area contributed by atoms with E-state index < -0.39 is 11.6 Å². The van der Waals surface area contributed by atoms with Crippen molar-refractivity contribution >= 4 is 26.5 Å². The average molecular weight is 473 g/mol. The van der Waals surface area contributed by atoms with E-state index in [0.717, 1.165) is 23.7 Å². The van der Waals surface area contributed by atoms with Crippen molar-refractivity contribution in [1.82, 2.24) is 0 Å². The number of rotatable bonds is 7. The van der Waals surface area contributed by atoms with Gasteiger partial charge in [0.1, 0.15) is 29.3 Å². The molecule has 3 rings (SSSR count). The van der Waals surface area contributed by atoms with Crippen LogP contribution in [-0.2, 0) is 20.9 Å². The van der Waals surface area contributed by atoms with E-state index >= 15 is 0 Å². The van der Waals surface area contributed by atoms with Crippen LogP contribution in [0.1, 0.15) is 62.4 Å². The number of esters is 2. The standard InChI is InChI=1S/C26H33O6P/c1-26(2,3)32-24(27)18-10-12-19(13-11-18)31-22-14-20(21(29-4)15-23(22)33)25(28)30-16-17-8-6-5-7-9-17/h5-9,14-15,18-19H,10-13,16,33H2,1-4H3/t18-,19+. The third kappa shape index (κ3) is 7.20. The molecule has 0 saturated heterocycles. The molecule has 7 heteroatoms. The lowest BCUT2D eigenvalue weighted by Crippen LogP contribution is -2.33. The smallest absolute Gasteiger partial charge is 0.342 e. The first-order chi connectivity index (χ1) is 15.7. The molecular weight excluding hydrogens is 439 g/mol. The number of hydrogen-bond acceptors (Lipinski definition) is 6. The highest BCUT2D eigenvalue weighted by molar-refractivity contribution is 7.27. The summed E-state index contributed by atoms with van der Waals surface area (Å²) in [4.78, 5) is 25.1. The van der Waals surface area contributed by atoms with E-state index in [-0.39, 0.29) is 24.6 Å². The molecule has 0 heterocycles. The molecule has 6 nitrogen and oxygen atoms in total. The maximum absolute atomic E-state index is 12.8. The summed E-state index contributed by atoms with van der Waals surface area (Å²) >= 11 is 0. The molecule has 33 heavy (non-hydrogen) atoms. The quantitative estimate of drug-likeness (QED) is 0.425. The van der Waals surface area contributed by atoms with Gasteiger partial charge in [-0.05, 0) is 64.2 Å². The first-order valence-corrected chi connectivity index (χ1v) is 11.8. The van der Waals surface area contributed by atoms with Crippen molar-refractivity contribution in [3.8, 4) is 11.5 Å². The summed E-state index contributed by atoms with van der Waals surface area (Å²) in [6.07, 6.45) is 2.88. The summed E-state index contributed by atoms with van der Waals surface area (Å²) in [5, 5.41) is 0.792. The normalized spacial score (nSPS) is 18.3. The highest BCUT2D eigenvalue weighted by atomic mass is 31.0. The zero-order chi connectivity index (χ0) is 24.0. The van der Waals surface area contributed by atoms with Crippen molar-refractivity contribution in [3.05, 3.63) is 53.6 Å². The Kier molecular flexibility index (Phi) is 8.36. The Morgan fingerprint density at radius 2 is 1.67 bits per heavy atom. The lowest BCUT2D eigenvalue weighted by molar-refractivity contribution is -0.161. The van der Waals surface area contributed by atoms with Crippen molar-refractivity contribution in [3.63, 3.8) is 0 Å². The minimum Gasteiger partial charge on any atom is -0.496 e. The average Bonchev–Trinajstić information content (AvgIpc) is 2.78. The number of carbonyl (C=O) groups is 2. The van der Waals surface area contributed by atoms with E-state index in [1.807, 2.05) is 51.1 Å². The van der Waals surface area contributed by atoms with Crippen molar-refractivity contribution in [2.75, 3.05) is 7.11 Å². The van der Waals surface area contributed by atoms with E-state index in [0.29, 0.717) is 29.9 Å². The lowest BCUT2D eigenvalue weighted by Gasteiger charge is -2.30. The van der Waals surface area contributed by atoms with Crippen LogP contribution in [0.5, 0.6) is 11.5 Å². The predicted octanol–water partition coefficient (Wildman–Crippen LogP) is 4.83. The van der Waals surface area contributed by atoms with Gasteiger partial charge in [-0.25, -0.2) is 4.79 Å². The zero-order valence-corrected chi connectivity index (χ0v) is 20.9. The highest BCUT2D eigenvalue weighted by Gasteiger charge is 2.31. The van der Waals surface area contributed by atoms with Gasteiger partial charge in [0.25, 0.3) is 0 Å². The molecule has 2 aromatic rings. The van der Waals surface area contributed by atoms with Gasteiger partial charge in [-0.1, -0.05) is 30.3 Å². The third-order valence-electron chi connectivity index (χ3n) is 5.47. The lowest BCUT2D eigenvalue weighted by atomic mass is 9.87. The Balaban J connectivity index is 1.64. The summed E-state index contributed by atoms with van der Waals surface area (Å²) in [5.74, 6) is 0.311. The fraction of sp³-hybridized carbons (Fsp3) is 0.462. The Labute approximate surface area is 198 Å². The maximum Gasteiger partial charge on any atom is 0.342 e. The van der Waals surface area contributed by atoms with Crippen molar-refractivity contribution < 1.29 is 28.5 Å². The largest absolute Gasteiger partial charge is 0.496 e. The molecule has 0 spiro atoms. The molecule has 0 aliphatic heterocycles. The van der Waals surface area contributed by atoms with Crippen LogP contribution in [-0.4, -0.2) is 30.8 Å². The third-order valence-corrected chi connectivity index (χ3v) is 5.92. The fourth-order valence-electron chi connectivity index (χ4n) is 3.79. The first-order valence-electron chi connectivity index (χ1n) is 11.2. The van der Waals surface area contributed by atoms with Crippen LogP contribution >= 0.6 is 9.24 Å². The Bertz CT molecular complexity index is 959. The Hall–Kier alpha value is -2.59. The Morgan fingerprint density at radius 1 is 1.00 bits per heavy atom. The van der Waals surface area contributed by atoms with Gasteiger partial charge in [-0.3, -0.25) is 4.79 Å². The molecule has 0 N–H and O–H groups in total. The van der Waals surface area contributed by atoms with Gasteiger partial charge in [-0.2, -0.15) is 0 Å². The molecule has 1 aliphatic carbocycles. The second kappa shape index (κ2) is 11.0. The summed E-state index contributed by atoms with van der Waals surface area (Å²) in [6, 6.07) is 12.9. The molecule has 0 radical (unpaired) electrons. The monoisotopic (exact) mass is 472 g/mol. The molecule has 0 bridgehead atoms. The summed E-state index contributed by atoms with van der Waals surface area (Å²) < 4.78 is 22.6. The number of carbonyl (C=O) groups excluding carboxylic acids is 2. The first kappa shape index (κ1) is 25.0. The molecule has 1 unspecified atom stereocenters. The van der Waals surface area contributed by atoms with E-state index in [9.17, 15) is 9.59 Å². The molecule has 1 atom stereocenters. The van der Waals surface area contributed by atoms with Crippen molar-refractivity contribution in [1.29, 1.82) is 0 Å². The second-order valence-corrected chi connectivity index (χ2v) is 9.90. The molecule has 0 amide bonds. The topological polar surface area (TPSA) is 71.1 Å². The van der Waals surface area contributed by atoms with Crippen LogP contribution in [0.15, 0.2) is 42.5 Å². The molecule has 2 aromatic carbocycles. The summed E-state index contributed by atoms with van der Waals surface area (Å²) in [7, 11) is 4.15. The van der Waals surface area contributed by atoms with Gasteiger partial charge in [0.15, 0.2) is 0 Å². The fourth-order valence-corrected chi connectivity index (χ4v) is 4.09. The Morgan fingerprint density at radius 3 is 2.27 bits per heavy atom. The van der Waals surface area contributed by atoms with Crippen LogP contribution in [0.2, 0.25) is 0 Å². The highest BCUT2D eigenvalue weighted by Crippen LogP contribution is 2.31. The summed E-state index contributed by atoms with van der Waals surface area (Å²) in [5.41, 5.74) is 0.746. The van der Waals surface area contributed by atoms with Gasteiger partial charge in [0, 0.05) is 5.30 Å². The van der Waals surface area contributed by atoms with Crippen LogP contribution in [0.4, 0.5) is 0 Å². The molecular formula is C26H33O6P. The second-order valence-electron chi connectivity index (χ2n) is 9.28. The van der Waals surface area contributed by atoms with Gasteiger partial charge in [0.05, 0.1) is 19.1 Å². The molecule has 0 aromatic heterocycles. The van der Waals surface area contributed by atoms with Crippen molar-refractivity contribution in [2.24, 2.45) is 5.92 Å². The molecule has 1 saturated carbocycles. The zero-order valence-electron chi connectivity index (χ0n) is 19.8. The van der Waals surface area contributed by atoms with E-state index in [1.165, 1.54) is 7.11 Å². The van der Waals surface area contributed by atoms with Gasteiger partial charge in [-0.15, -0.1) is 9.24 Å². The summed E-state index contributed by atoms with van der Waals surface area (Å²) in [6.45, 7) is 5.82. The van der Waals surface area contributed by atoms with Crippen molar-refractivity contribution in [2.45, 2.75) is 64.8 Å². The van der Waals surface area contributed by atoms with Gasteiger partial charge in [0.2, 0.25) is 0 Å². The van der Waals surface area contributed by atoms with Crippen LogP contribution in [0.25, 0.3) is 0 Å². The van der Waals surface area contributed by atoms with Crippen LogP contribution in [0.3, 0.4) is 0 Å². The number of hydrogen-bond donors (Lipinski definition) is 0. The van der Waals surface area contributed by atoms with E-state index in [2.05, 4.69) is 9.24 Å². The number of methoxy groups -OCH3 is 1.